The molecule has 2 atom stereocenters. The maximum absolute atomic E-state index is 13.2. The molecule has 0 unspecified atom stereocenters. The Labute approximate surface area is 224 Å². The van der Waals surface area contributed by atoms with E-state index in [1.54, 1.807) is 0 Å². The highest BCUT2D eigenvalue weighted by Crippen LogP contribution is 2.15. The standard InChI is InChI=1S/C29H36N6O3/c1-20(36)34-26(19-21-8-3-2-4-9-21)28(38)35-25(12-7-16-33-29(30)31)27(37)32-17-15-22-13-14-23-10-5-6-11-24(23)18-22/h2-6,8-11,13-14,18,25-26H,7,12,15-17,19H2,1H3,(H,32,37)(H,34,36)(H,35,38)(H4,30,31,33)/t25-,26-/m0/s1/i1D. The molecule has 200 valence electrons. The zero-order chi connectivity index (χ0) is 28.0. The number of hydrogen-bond acceptors (Lipinski definition) is 4. The number of guanidine groups is 1. The molecule has 0 heterocycles. The van der Waals surface area contributed by atoms with E-state index in [0.717, 1.165) is 21.9 Å². The minimum Gasteiger partial charge on any atom is -0.370 e. The summed E-state index contributed by atoms with van der Waals surface area (Å²) in [5.41, 5.74) is 12.7. The summed E-state index contributed by atoms with van der Waals surface area (Å²) >= 11 is 0. The van der Waals surface area contributed by atoms with Crippen LogP contribution in [0.15, 0.2) is 77.8 Å². The minimum atomic E-state index is -0.934. The van der Waals surface area contributed by atoms with E-state index in [4.69, 9.17) is 12.8 Å². The van der Waals surface area contributed by atoms with Gasteiger partial charge in [0.1, 0.15) is 12.1 Å². The summed E-state index contributed by atoms with van der Waals surface area (Å²) < 4.78 is 7.33. The van der Waals surface area contributed by atoms with Crippen LogP contribution < -0.4 is 27.4 Å². The van der Waals surface area contributed by atoms with E-state index in [1.807, 2.05) is 60.7 Å². The molecule has 0 radical (unpaired) electrons. The number of amides is 3. The van der Waals surface area contributed by atoms with Crippen LogP contribution in [-0.2, 0) is 27.2 Å². The summed E-state index contributed by atoms with van der Waals surface area (Å²) in [6, 6.07) is 21.7. The van der Waals surface area contributed by atoms with Gasteiger partial charge in [0, 0.05) is 27.8 Å². The first-order chi connectivity index (χ1) is 18.9. The second-order valence-corrected chi connectivity index (χ2v) is 9.04. The van der Waals surface area contributed by atoms with Gasteiger partial charge in [-0.1, -0.05) is 72.8 Å². The number of nitrogens with two attached hydrogens (primary N) is 2. The third kappa shape index (κ3) is 9.24. The molecule has 0 aliphatic carbocycles. The Morgan fingerprint density at radius 3 is 2.34 bits per heavy atom. The zero-order valence-corrected chi connectivity index (χ0v) is 21.4. The van der Waals surface area contributed by atoms with Gasteiger partial charge in [-0.15, -0.1) is 0 Å². The van der Waals surface area contributed by atoms with Crippen molar-refractivity contribution in [3.63, 3.8) is 0 Å². The fraction of sp³-hybridized carbons (Fsp3) is 0.310. The van der Waals surface area contributed by atoms with Crippen molar-refractivity contribution in [2.75, 3.05) is 13.1 Å². The first kappa shape index (κ1) is 26.7. The Kier molecular flexibility index (Phi) is 10.1. The molecule has 0 aromatic heterocycles. The summed E-state index contributed by atoms with van der Waals surface area (Å²) in [6.07, 6.45) is 1.61. The van der Waals surface area contributed by atoms with Crippen molar-refractivity contribution in [1.82, 2.24) is 16.0 Å². The summed E-state index contributed by atoms with van der Waals surface area (Å²) in [5, 5.41) is 10.6. The lowest BCUT2D eigenvalue weighted by Crippen LogP contribution is -2.54. The third-order valence-electron chi connectivity index (χ3n) is 6.04. The average molecular weight is 518 g/mol. The second-order valence-electron chi connectivity index (χ2n) is 9.04. The molecule has 0 saturated heterocycles. The summed E-state index contributed by atoms with van der Waals surface area (Å²) in [7, 11) is 0. The van der Waals surface area contributed by atoms with Crippen LogP contribution in [-0.4, -0.2) is 48.9 Å². The quantitative estimate of drug-likeness (QED) is 0.133. The molecule has 9 nitrogen and oxygen atoms in total. The molecular weight excluding hydrogens is 480 g/mol. The molecule has 0 bridgehead atoms. The number of carbonyl (C=O) groups is 3. The van der Waals surface area contributed by atoms with E-state index >= 15 is 0 Å². The normalized spacial score (nSPS) is 12.6. The van der Waals surface area contributed by atoms with Crippen molar-refractivity contribution in [3.05, 3.63) is 83.9 Å². The number of aliphatic imine (C=N–C) groups is 1. The Hall–Kier alpha value is -4.40. The number of fused-ring (bicyclic) bond motifs is 1. The van der Waals surface area contributed by atoms with Crippen LogP contribution in [0.5, 0.6) is 0 Å². The van der Waals surface area contributed by atoms with Gasteiger partial charge in [0.25, 0.3) is 0 Å². The molecule has 0 spiro atoms. The minimum absolute atomic E-state index is 0.0450. The van der Waals surface area contributed by atoms with E-state index in [2.05, 4.69) is 33.1 Å². The highest BCUT2D eigenvalue weighted by atomic mass is 16.2. The first-order valence-corrected chi connectivity index (χ1v) is 12.6. The van der Waals surface area contributed by atoms with Gasteiger partial charge in [0.15, 0.2) is 5.96 Å². The van der Waals surface area contributed by atoms with Gasteiger partial charge >= 0.3 is 0 Å². The number of nitrogens with one attached hydrogen (secondary N) is 3. The highest BCUT2D eigenvalue weighted by Gasteiger charge is 2.26. The fourth-order valence-corrected chi connectivity index (χ4v) is 4.15. The first-order valence-electron chi connectivity index (χ1n) is 13.3. The molecule has 3 amide bonds. The number of nitrogens with zero attached hydrogens (tertiary/aromatic N) is 1. The predicted octanol–water partition coefficient (Wildman–Crippen LogP) is 1.78. The summed E-state index contributed by atoms with van der Waals surface area (Å²) in [6.45, 7) is 0.193. The summed E-state index contributed by atoms with van der Waals surface area (Å²) in [5.74, 6) is -1.46. The third-order valence-corrected chi connectivity index (χ3v) is 6.04. The lowest BCUT2D eigenvalue weighted by molar-refractivity contribution is -0.131. The molecule has 9 heteroatoms. The van der Waals surface area contributed by atoms with E-state index < -0.39 is 30.8 Å². The fourth-order valence-electron chi connectivity index (χ4n) is 4.15. The van der Waals surface area contributed by atoms with Gasteiger partial charge in [-0.2, -0.15) is 0 Å². The average Bonchev–Trinajstić information content (AvgIpc) is 2.94. The molecule has 0 aliphatic heterocycles. The van der Waals surface area contributed by atoms with Crippen LogP contribution in [0.1, 0.15) is 32.2 Å². The van der Waals surface area contributed by atoms with Crippen molar-refractivity contribution in [2.45, 2.75) is 44.7 Å². The molecule has 38 heavy (non-hydrogen) atoms. The summed E-state index contributed by atoms with van der Waals surface area (Å²) in [4.78, 5) is 42.3. The molecular formula is C29H36N6O3. The van der Waals surface area contributed by atoms with Crippen LogP contribution >= 0.6 is 0 Å². The van der Waals surface area contributed by atoms with E-state index in [1.165, 1.54) is 0 Å². The van der Waals surface area contributed by atoms with Gasteiger partial charge in [0.05, 0.1) is 0 Å². The topological polar surface area (TPSA) is 152 Å². The van der Waals surface area contributed by atoms with Crippen molar-refractivity contribution in [3.8, 4) is 0 Å². The molecule has 3 rings (SSSR count). The number of rotatable bonds is 13. The van der Waals surface area contributed by atoms with Crippen molar-refractivity contribution < 1.29 is 15.8 Å². The van der Waals surface area contributed by atoms with Gasteiger partial charge < -0.3 is 27.4 Å². The molecule has 0 saturated carbocycles. The molecule has 7 N–H and O–H groups in total. The van der Waals surface area contributed by atoms with Gasteiger partial charge in [-0.25, -0.2) is 0 Å². The smallest absolute Gasteiger partial charge is 0.243 e. The van der Waals surface area contributed by atoms with Crippen LogP contribution in [0.3, 0.4) is 0 Å². The SMILES string of the molecule is [2H]CC(=O)N[C@@H](Cc1ccccc1)C(=O)N[C@@H](CCCN=C(N)N)C(=O)NCCc1ccc2ccccc2c1. The maximum atomic E-state index is 13.2. The van der Waals surface area contributed by atoms with E-state index in [9.17, 15) is 14.4 Å². The number of carbonyl (C=O) groups excluding carboxylic acids is 3. The lowest BCUT2D eigenvalue weighted by atomic mass is 10.0. The molecule has 3 aromatic rings. The van der Waals surface area contributed by atoms with E-state index in [0.29, 0.717) is 32.4 Å². The largest absolute Gasteiger partial charge is 0.370 e. The number of hydrogen-bond donors (Lipinski definition) is 5. The Balaban J connectivity index is 1.65. The van der Waals surface area contributed by atoms with Crippen molar-refractivity contribution >= 4 is 34.5 Å². The van der Waals surface area contributed by atoms with E-state index in [-0.39, 0.29) is 18.3 Å². The molecule has 3 aromatic carbocycles. The Bertz CT molecular complexity index is 1280. The Morgan fingerprint density at radius 2 is 1.61 bits per heavy atom. The van der Waals surface area contributed by atoms with Crippen LogP contribution in [0.25, 0.3) is 10.8 Å². The van der Waals surface area contributed by atoms with Crippen LogP contribution in [0, 0.1) is 0 Å². The van der Waals surface area contributed by atoms with Gasteiger partial charge in [-0.3, -0.25) is 19.4 Å². The van der Waals surface area contributed by atoms with Crippen molar-refractivity contribution in [2.24, 2.45) is 16.5 Å². The number of benzene rings is 3. The maximum Gasteiger partial charge on any atom is 0.243 e. The van der Waals surface area contributed by atoms with Crippen LogP contribution in [0.4, 0.5) is 0 Å². The van der Waals surface area contributed by atoms with Crippen molar-refractivity contribution in [1.29, 1.82) is 0 Å². The lowest BCUT2D eigenvalue weighted by Gasteiger charge is -2.23. The van der Waals surface area contributed by atoms with Gasteiger partial charge in [0.2, 0.25) is 17.7 Å². The van der Waals surface area contributed by atoms with Gasteiger partial charge in [-0.05, 0) is 41.2 Å². The zero-order valence-electron chi connectivity index (χ0n) is 22.4. The molecule has 0 aliphatic rings. The van der Waals surface area contributed by atoms with Crippen LogP contribution in [0.2, 0.25) is 0 Å². The predicted molar refractivity (Wildman–Crippen MR) is 150 cm³/mol. The monoisotopic (exact) mass is 517 g/mol. The highest BCUT2D eigenvalue weighted by molar-refractivity contribution is 5.92. The Morgan fingerprint density at radius 1 is 0.868 bits per heavy atom. The second kappa shape index (κ2) is 14.4. The molecule has 0 fully saturated rings.